The monoisotopic (exact) mass is 439 g/mol. The number of nitrogens with two attached hydrogens (primary N) is 1. The average Bonchev–Trinajstić information content (AvgIpc) is 2.39. The molecule has 0 heterocycles. The molecule has 1 aromatic carbocycles. The zero-order valence-electron chi connectivity index (χ0n) is 10.6. The Morgan fingerprint density at radius 3 is 2.84 bits per heavy atom. The van der Waals surface area contributed by atoms with Crippen LogP contribution in [0.25, 0.3) is 0 Å². The van der Waals surface area contributed by atoms with E-state index in [1.54, 1.807) is 11.9 Å². The third kappa shape index (κ3) is 4.34. The zero-order chi connectivity index (χ0) is 14.6. The molecule has 0 aliphatic carbocycles. The lowest BCUT2D eigenvalue weighted by Gasteiger charge is -2.25. The fourth-order valence-electron chi connectivity index (χ4n) is 1.53. The zero-order valence-corrected chi connectivity index (χ0v) is 14.3. The maximum atomic E-state index is 12.4. The van der Waals surface area contributed by atoms with Gasteiger partial charge in [-0.15, -0.1) is 0 Å². The summed E-state index contributed by atoms with van der Waals surface area (Å²) in [6.45, 7) is 1.84. The average molecular weight is 440 g/mol. The molecule has 0 radical (unpaired) electrons. The normalized spacial score (nSPS) is 13.2. The van der Waals surface area contributed by atoms with Crippen LogP contribution in [0.2, 0.25) is 0 Å². The Balaban J connectivity index is 2.90. The highest BCUT2D eigenvalue weighted by Crippen LogP contribution is 2.21. The molecule has 0 bridgehead atoms. The third-order valence-corrected chi connectivity index (χ3v) is 4.14. The van der Waals surface area contributed by atoms with E-state index in [1.165, 1.54) is 0 Å². The van der Waals surface area contributed by atoms with Crippen molar-refractivity contribution in [3.05, 3.63) is 31.8 Å². The Kier molecular flexibility index (Phi) is 6.05. The number of hydrogen-bond acceptors (Lipinski definition) is 3. The Hall–Kier alpha value is -0.830. The molecule has 0 aliphatic heterocycles. The number of carbonyl (C=O) groups is 1. The van der Waals surface area contributed by atoms with Gasteiger partial charge in [0, 0.05) is 27.6 Å². The van der Waals surface area contributed by atoms with E-state index in [2.05, 4.69) is 43.7 Å². The number of hydrogen-bond donors (Lipinski definition) is 2. The SMILES string of the molecule is CC(C/C(N)=N/O)N(C)C(=O)c1cc(I)ccc1Br. The van der Waals surface area contributed by atoms with Gasteiger partial charge in [-0.1, -0.05) is 5.16 Å². The first-order valence-electron chi connectivity index (χ1n) is 5.55. The van der Waals surface area contributed by atoms with E-state index in [-0.39, 0.29) is 17.8 Å². The molecule has 1 unspecified atom stereocenters. The Morgan fingerprint density at radius 2 is 2.26 bits per heavy atom. The van der Waals surface area contributed by atoms with Gasteiger partial charge in [-0.25, -0.2) is 0 Å². The van der Waals surface area contributed by atoms with E-state index in [0.717, 1.165) is 8.04 Å². The predicted molar refractivity (Wildman–Crippen MR) is 86.4 cm³/mol. The molecule has 0 saturated heterocycles. The third-order valence-electron chi connectivity index (χ3n) is 2.77. The molecule has 0 saturated carbocycles. The van der Waals surface area contributed by atoms with E-state index < -0.39 is 0 Å². The molecule has 7 heteroatoms. The van der Waals surface area contributed by atoms with Gasteiger partial charge in [0.1, 0.15) is 5.84 Å². The molecule has 5 nitrogen and oxygen atoms in total. The van der Waals surface area contributed by atoms with Crippen molar-refractivity contribution in [1.29, 1.82) is 0 Å². The molecule has 0 aromatic heterocycles. The van der Waals surface area contributed by atoms with Crippen molar-refractivity contribution in [3.8, 4) is 0 Å². The highest BCUT2D eigenvalue weighted by molar-refractivity contribution is 14.1. The van der Waals surface area contributed by atoms with E-state index in [4.69, 9.17) is 10.9 Å². The number of amides is 1. The largest absolute Gasteiger partial charge is 0.409 e. The van der Waals surface area contributed by atoms with Crippen LogP contribution in [0.4, 0.5) is 0 Å². The van der Waals surface area contributed by atoms with Crippen LogP contribution < -0.4 is 5.73 Å². The summed E-state index contributed by atoms with van der Waals surface area (Å²) in [6, 6.07) is 5.42. The second-order valence-electron chi connectivity index (χ2n) is 4.18. The first-order chi connectivity index (χ1) is 8.86. The van der Waals surface area contributed by atoms with Crippen LogP contribution in [-0.4, -0.2) is 34.9 Å². The summed E-state index contributed by atoms with van der Waals surface area (Å²) in [4.78, 5) is 14.0. The molecule has 19 heavy (non-hydrogen) atoms. The first kappa shape index (κ1) is 16.2. The molecule has 1 atom stereocenters. The van der Waals surface area contributed by atoms with Crippen LogP contribution in [-0.2, 0) is 0 Å². The summed E-state index contributed by atoms with van der Waals surface area (Å²) in [6.07, 6.45) is 0.320. The number of nitrogens with zero attached hydrogens (tertiary/aromatic N) is 2. The number of oxime groups is 1. The van der Waals surface area contributed by atoms with Crippen LogP contribution in [0.1, 0.15) is 23.7 Å². The minimum absolute atomic E-state index is 0.105. The molecule has 1 rings (SSSR count). The van der Waals surface area contributed by atoms with Crippen molar-refractivity contribution < 1.29 is 10.0 Å². The van der Waals surface area contributed by atoms with Gasteiger partial charge in [0.25, 0.3) is 5.91 Å². The molecule has 1 aromatic rings. The lowest BCUT2D eigenvalue weighted by Crippen LogP contribution is -2.38. The fourth-order valence-corrected chi connectivity index (χ4v) is 2.44. The molecule has 0 aliphatic rings. The van der Waals surface area contributed by atoms with Crippen molar-refractivity contribution in [2.24, 2.45) is 10.9 Å². The predicted octanol–water partition coefficient (Wildman–Crippen LogP) is 2.65. The highest BCUT2D eigenvalue weighted by Gasteiger charge is 2.20. The van der Waals surface area contributed by atoms with Crippen LogP contribution in [0.15, 0.2) is 27.8 Å². The summed E-state index contributed by atoms with van der Waals surface area (Å²) in [7, 11) is 1.70. The molecular weight excluding hydrogens is 425 g/mol. The van der Waals surface area contributed by atoms with E-state index >= 15 is 0 Å². The van der Waals surface area contributed by atoms with Gasteiger partial charge in [0.2, 0.25) is 0 Å². The number of rotatable bonds is 4. The molecular formula is C12H15BrIN3O2. The quantitative estimate of drug-likeness (QED) is 0.249. The Labute approximate surface area is 134 Å². The van der Waals surface area contributed by atoms with Gasteiger partial charge in [-0.2, -0.15) is 0 Å². The van der Waals surface area contributed by atoms with Crippen LogP contribution >= 0.6 is 38.5 Å². The fraction of sp³-hybridized carbons (Fsp3) is 0.333. The summed E-state index contributed by atoms with van der Waals surface area (Å²) in [5, 5.41) is 11.5. The summed E-state index contributed by atoms with van der Waals surface area (Å²) in [5.74, 6) is -0.00233. The maximum absolute atomic E-state index is 12.4. The standard InChI is InChI=1S/C12H15BrIN3O2/c1-7(5-11(15)16-19)17(2)12(18)9-6-8(14)3-4-10(9)13/h3-4,6-7,19H,5H2,1-2H3,(H2,15,16). The highest BCUT2D eigenvalue weighted by atomic mass is 127. The lowest BCUT2D eigenvalue weighted by atomic mass is 10.1. The van der Waals surface area contributed by atoms with Gasteiger partial charge in [0.05, 0.1) is 5.56 Å². The lowest BCUT2D eigenvalue weighted by molar-refractivity contribution is 0.0746. The second kappa shape index (κ2) is 7.09. The minimum atomic E-state index is -0.159. The molecule has 104 valence electrons. The number of amidine groups is 1. The number of benzene rings is 1. The van der Waals surface area contributed by atoms with Crippen LogP contribution in [0.3, 0.4) is 0 Å². The molecule has 0 fully saturated rings. The van der Waals surface area contributed by atoms with Crippen molar-refractivity contribution in [2.45, 2.75) is 19.4 Å². The van der Waals surface area contributed by atoms with Crippen molar-refractivity contribution in [2.75, 3.05) is 7.05 Å². The van der Waals surface area contributed by atoms with E-state index in [0.29, 0.717) is 12.0 Å². The Bertz CT molecular complexity index is 508. The summed E-state index contributed by atoms with van der Waals surface area (Å²) >= 11 is 5.53. The van der Waals surface area contributed by atoms with Crippen molar-refractivity contribution >= 4 is 50.3 Å². The molecule has 3 N–H and O–H groups in total. The summed E-state index contributed by atoms with van der Waals surface area (Å²) < 4.78 is 1.74. The van der Waals surface area contributed by atoms with Gasteiger partial charge in [-0.3, -0.25) is 4.79 Å². The Morgan fingerprint density at radius 1 is 1.63 bits per heavy atom. The maximum Gasteiger partial charge on any atom is 0.255 e. The van der Waals surface area contributed by atoms with Crippen molar-refractivity contribution in [3.63, 3.8) is 0 Å². The minimum Gasteiger partial charge on any atom is -0.409 e. The summed E-state index contributed by atoms with van der Waals surface area (Å²) in [5.41, 5.74) is 6.05. The first-order valence-corrected chi connectivity index (χ1v) is 7.42. The second-order valence-corrected chi connectivity index (χ2v) is 6.28. The van der Waals surface area contributed by atoms with Gasteiger partial charge in [0.15, 0.2) is 0 Å². The molecule has 0 spiro atoms. The smallest absolute Gasteiger partial charge is 0.255 e. The number of halogens is 2. The van der Waals surface area contributed by atoms with Crippen LogP contribution in [0, 0.1) is 3.57 Å². The van der Waals surface area contributed by atoms with Gasteiger partial charge < -0.3 is 15.8 Å². The van der Waals surface area contributed by atoms with E-state index in [1.807, 2.05) is 25.1 Å². The van der Waals surface area contributed by atoms with Crippen LogP contribution in [0.5, 0.6) is 0 Å². The van der Waals surface area contributed by atoms with Gasteiger partial charge in [-0.05, 0) is 63.6 Å². The molecule has 1 amide bonds. The van der Waals surface area contributed by atoms with Crippen molar-refractivity contribution in [1.82, 2.24) is 4.90 Å². The topological polar surface area (TPSA) is 78.9 Å². The van der Waals surface area contributed by atoms with E-state index in [9.17, 15) is 4.79 Å². The van der Waals surface area contributed by atoms with Gasteiger partial charge >= 0.3 is 0 Å². The number of carbonyl (C=O) groups excluding carboxylic acids is 1.